The van der Waals surface area contributed by atoms with Crippen LogP contribution in [0.15, 0.2) is 30.3 Å². The Bertz CT molecular complexity index is 635. The summed E-state index contributed by atoms with van der Waals surface area (Å²) in [6, 6.07) is 9.73. The first-order chi connectivity index (χ1) is 10.4. The highest BCUT2D eigenvalue weighted by molar-refractivity contribution is 5.65. The van der Waals surface area contributed by atoms with E-state index >= 15 is 0 Å². The van der Waals surface area contributed by atoms with Crippen LogP contribution in [0.1, 0.15) is 33.5 Å². The molecule has 2 N–H and O–H groups in total. The number of hydrogen-bond acceptors (Lipinski definition) is 5. The molecule has 5 nitrogen and oxygen atoms in total. The van der Waals surface area contributed by atoms with Crippen LogP contribution in [0.25, 0.3) is 0 Å². The van der Waals surface area contributed by atoms with Crippen molar-refractivity contribution in [3.63, 3.8) is 0 Å². The largest absolute Gasteiger partial charge is 0.492 e. The van der Waals surface area contributed by atoms with Crippen molar-refractivity contribution in [1.29, 1.82) is 0 Å². The molecule has 1 aromatic heterocycles. The van der Waals surface area contributed by atoms with Crippen molar-refractivity contribution in [1.82, 2.24) is 9.97 Å². The fraction of sp³-hybridized carbons (Fsp3) is 0.412. The molecule has 1 heterocycles. The minimum atomic E-state index is -0.0543. The third kappa shape index (κ3) is 4.62. The van der Waals surface area contributed by atoms with E-state index in [2.05, 4.69) is 41.4 Å². The van der Waals surface area contributed by atoms with Gasteiger partial charge in [0.25, 0.3) is 0 Å². The topological polar surface area (TPSA) is 59.1 Å². The lowest BCUT2D eigenvalue weighted by Crippen LogP contribution is -2.27. The Kier molecular flexibility index (Phi) is 4.85. The first-order valence-corrected chi connectivity index (χ1v) is 7.50. The van der Waals surface area contributed by atoms with Gasteiger partial charge in [-0.1, -0.05) is 12.1 Å². The van der Waals surface area contributed by atoms with Gasteiger partial charge in [0.15, 0.2) is 0 Å². The third-order valence-electron chi connectivity index (χ3n) is 2.79. The summed E-state index contributed by atoms with van der Waals surface area (Å²) in [4.78, 5) is 8.87. The van der Waals surface area contributed by atoms with Crippen molar-refractivity contribution in [3.05, 3.63) is 36.2 Å². The number of aromatic nitrogens is 2. The molecule has 0 amide bonds. The smallest absolute Gasteiger partial charge is 0.142 e. The molecule has 2 rings (SSSR count). The first kappa shape index (κ1) is 16.1. The molecule has 0 aliphatic heterocycles. The zero-order chi connectivity index (χ0) is 16.2. The van der Waals surface area contributed by atoms with Crippen molar-refractivity contribution in [3.8, 4) is 5.75 Å². The van der Waals surface area contributed by atoms with Gasteiger partial charge in [0.05, 0.1) is 12.3 Å². The SMILES string of the molecule is CCOc1ccccc1Nc1cc(NC(C)(C)C)nc(C)n1. The highest BCUT2D eigenvalue weighted by Crippen LogP contribution is 2.27. The molecule has 0 atom stereocenters. The van der Waals surface area contributed by atoms with Crippen LogP contribution < -0.4 is 15.4 Å². The molecule has 0 aliphatic carbocycles. The third-order valence-corrected chi connectivity index (χ3v) is 2.79. The standard InChI is InChI=1S/C17H24N4O/c1-6-22-14-10-8-7-9-13(14)20-15-11-16(19-12(2)18-15)21-17(3,4)5/h7-11H,6H2,1-5H3,(H2,18,19,20,21). The minimum absolute atomic E-state index is 0.0543. The maximum atomic E-state index is 5.63. The van der Waals surface area contributed by atoms with E-state index in [1.807, 2.05) is 44.2 Å². The lowest BCUT2D eigenvalue weighted by molar-refractivity contribution is 0.342. The van der Waals surface area contributed by atoms with Crippen LogP contribution in [0, 0.1) is 6.92 Å². The van der Waals surface area contributed by atoms with Crippen molar-refractivity contribution < 1.29 is 4.74 Å². The molecule has 5 heteroatoms. The quantitative estimate of drug-likeness (QED) is 0.869. The minimum Gasteiger partial charge on any atom is -0.492 e. The predicted molar refractivity (Wildman–Crippen MR) is 91.0 cm³/mol. The molecule has 0 fully saturated rings. The average molecular weight is 300 g/mol. The van der Waals surface area contributed by atoms with E-state index in [0.717, 1.165) is 23.1 Å². The van der Waals surface area contributed by atoms with E-state index in [1.54, 1.807) is 0 Å². The highest BCUT2D eigenvalue weighted by atomic mass is 16.5. The summed E-state index contributed by atoms with van der Waals surface area (Å²) in [6.07, 6.45) is 0. The summed E-state index contributed by atoms with van der Waals surface area (Å²) in [7, 11) is 0. The van der Waals surface area contributed by atoms with Gasteiger partial charge in [-0.3, -0.25) is 0 Å². The molecular weight excluding hydrogens is 276 g/mol. The monoisotopic (exact) mass is 300 g/mol. The van der Waals surface area contributed by atoms with Crippen molar-refractivity contribution in [2.45, 2.75) is 40.2 Å². The molecule has 118 valence electrons. The number of nitrogens with one attached hydrogen (secondary N) is 2. The number of ether oxygens (including phenoxy) is 1. The summed E-state index contributed by atoms with van der Waals surface area (Å²) < 4.78 is 5.63. The molecule has 0 aliphatic rings. The number of rotatable bonds is 5. The van der Waals surface area contributed by atoms with Gasteiger partial charge < -0.3 is 15.4 Å². The van der Waals surface area contributed by atoms with Crippen molar-refractivity contribution in [2.24, 2.45) is 0 Å². The van der Waals surface area contributed by atoms with Crippen LogP contribution in [0.4, 0.5) is 17.3 Å². The summed E-state index contributed by atoms with van der Waals surface area (Å²) in [5.41, 5.74) is 0.838. The Morgan fingerprint density at radius 1 is 1.09 bits per heavy atom. The van der Waals surface area contributed by atoms with Crippen LogP contribution in [0.3, 0.4) is 0 Å². The molecule has 0 saturated carbocycles. The maximum absolute atomic E-state index is 5.63. The summed E-state index contributed by atoms with van der Waals surface area (Å²) >= 11 is 0. The predicted octanol–water partition coefficient (Wildman–Crippen LogP) is 4.14. The zero-order valence-electron chi connectivity index (χ0n) is 13.9. The van der Waals surface area contributed by atoms with Gasteiger partial charge in [0.1, 0.15) is 23.2 Å². The molecule has 0 bridgehead atoms. The summed E-state index contributed by atoms with van der Waals surface area (Å²) in [5.74, 6) is 3.07. The summed E-state index contributed by atoms with van der Waals surface area (Å²) in [5, 5.41) is 6.67. The van der Waals surface area contributed by atoms with E-state index in [1.165, 1.54) is 0 Å². The van der Waals surface area contributed by atoms with Crippen molar-refractivity contribution in [2.75, 3.05) is 17.2 Å². The highest BCUT2D eigenvalue weighted by Gasteiger charge is 2.12. The van der Waals surface area contributed by atoms with Gasteiger partial charge >= 0.3 is 0 Å². The normalized spacial score (nSPS) is 11.1. The molecule has 2 aromatic rings. The molecule has 0 spiro atoms. The lowest BCUT2D eigenvalue weighted by Gasteiger charge is -2.22. The number of para-hydroxylation sites is 2. The van der Waals surface area contributed by atoms with Gasteiger partial charge in [0.2, 0.25) is 0 Å². The van der Waals surface area contributed by atoms with Crippen LogP contribution >= 0.6 is 0 Å². The lowest BCUT2D eigenvalue weighted by atomic mass is 10.1. The van der Waals surface area contributed by atoms with Crippen LogP contribution in [-0.2, 0) is 0 Å². The molecule has 0 saturated heterocycles. The van der Waals surface area contributed by atoms with Crippen LogP contribution in [-0.4, -0.2) is 22.1 Å². The van der Waals surface area contributed by atoms with E-state index < -0.39 is 0 Å². The second-order valence-electron chi connectivity index (χ2n) is 6.11. The van der Waals surface area contributed by atoms with Gasteiger partial charge in [-0.05, 0) is 46.8 Å². The fourth-order valence-electron chi connectivity index (χ4n) is 2.07. The van der Waals surface area contributed by atoms with Gasteiger partial charge in [0, 0.05) is 11.6 Å². The van der Waals surface area contributed by atoms with Gasteiger partial charge in [-0.2, -0.15) is 0 Å². The molecule has 1 aromatic carbocycles. The van der Waals surface area contributed by atoms with Gasteiger partial charge in [-0.15, -0.1) is 0 Å². The van der Waals surface area contributed by atoms with E-state index in [9.17, 15) is 0 Å². The Morgan fingerprint density at radius 3 is 2.45 bits per heavy atom. The Hall–Kier alpha value is -2.30. The van der Waals surface area contributed by atoms with E-state index in [-0.39, 0.29) is 5.54 Å². The number of hydrogen-bond donors (Lipinski definition) is 2. The van der Waals surface area contributed by atoms with Crippen molar-refractivity contribution >= 4 is 17.3 Å². The van der Waals surface area contributed by atoms with Crippen LogP contribution in [0.2, 0.25) is 0 Å². The van der Waals surface area contributed by atoms with E-state index in [0.29, 0.717) is 12.4 Å². The first-order valence-electron chi connectivity index (χ1n) is 7.50. The Labute approximate surface area is 132 Å². The maximum Gasteiger partial charge on any atom is 0.142 e. The molecule has 0 unspecified atom stereocenters. The zero-order valence-corrected chi connectivity index (χ0v) is 13.9. The average Bonchev–Trinajstić information content (AvgIpc) is 2.38. The van der Waals surface area contributed by atoms with E-state index in [4.69, 9.17) is 4.74 Å². The fourth-order valence-corrected chi connectivity index (χ4v) is 2.07. The summed E-state index contributed by atoms with van der Waals surface area (Å²) in [6.45, 7) is 10.8. The number of aryl methyl sites for hydroxylation is 1. The van der Waals surface area contributed by atoms with Crippen LogP contribution in [0.5, 0.6) is 5.75 Å². The Balaban J connectivity index is 2.26. The second-order valence-corrected chi connectivity index (χ2v) is 6.11. The molecule has 0 radical (unpaired) electrons. The second kappa shape index (κ2) is 6.64. The molecular formula is C17H24N4O. The Morgan fingerprint density at radius 2 is 1.77 bits per heavy atom. The van der Waals surface area contributed by atoms with Gasteiger partial charge in [-0.25, -0.2) is 9.97 Å². The number of anilines is 3. The number of nitrogens with zero attached hydrogens (tertiary/aromatic N) is 2. The molecule has 22 heavy (non-hydrogen) atoms. The number of benzene rings is 1.